The van der Waals surface area contributed by atoms with Gasteiger partial charge < -0.3 is 5.32 Å². The van der Waals surface area contributed by atoms with Crippen LogP contribution in [0.4, 0.5) is 0 Å². The largest absolute Gasteiger partial charge is 0.355 e. The van der Waals surface area contributed by atoms with Crippen LogP contribution in [0.15, 0.2) is 58.3 Å². The topological polar surface area (TPSA) is 29.1 Å². The van der Waals surface area contributed by atoms with E-state index in [0.717, 1.165) is 5.75 Å². The lowest BCUT2D eigenvalue weighted by molar-refractivity contribution is -0.118. The molecule has 0 aliphatic heterocycles. The van der Waals surface area contributed by atoms with Crippen LogP contribution in [-0.2, 0) is 4.79 Å². The molecule has 2 rings (SSSR count). The predicted molar refractivity (Wildman–Crippen MR) is 96.8 cm³/mol. The number of hydrogen-bond donors (Lipinski definition) is 1. The van der Waals surface area contributed by atoms with E-state index in [9.17, 15) is 4.79 Å². The van der Waals surface area contributed by atoms with Crippen molar-refractivity contribution < 1.29 is 4.79 Å². The van der Waals surface area contributed by atoms with Crippen LogP contribution in [0, 0.1) is 13.8 Å². The summed E-state index contributed by atoms with van der Waals surface area (Å²) in [6, 6.07) is 16.6. The fraction of sp³-hybridized carbons (Fsp3) is 0.278. The second-order valence-electron chi connectivity index (χ2n) is 5.07. The van der Waals surface area contributed by atoms with Gasteiger partial charge in [-0.2, -0.15) is 0 Å². The van der Waals surface area contributed by atoms with E-state index in [0.29, 0.717) is 12.3 Å². The van der Waals surface area contributed by atoms with Gasteiger partial charge in [-0.25, -0.2) is 0 Å². The lowest BCUT2D eigenvalue weighted by Crippen LogP contribution is -2.27. The highest BCUT2D eigenvalue weighted by Gasteiger charge is 2.04. The Morgan fingerprint density at radius 1 is 1.05 bits per heavy atom. The number of carbonyl (C=O) groups excluding carboxylic acids is 1. The molecule has 4 heteroatoms. The van der Waals surface area contributed by atoms with Gasteiger partial charge in [-0.05, 0) is 37.6 Å². The van der Waals surface area contributed by atoms with Gasteiger partial charge in [0.25, 0.3) is 0 Å². The van der Waals surface area contributed by atoms with Crippen molar-refractivity contribution in [3.63, 3.8) is 0 Å². The zero-order valence-electron chi connectivity index (χ0n) is 13.0. The number of amides is 1. The zero-order valence-corrected chi connectivity index (χ0v) is 14.6. The van der Waals surface area contributed by atoms with Crippen LogP contribution < -0.4 is 5.32 Å². The second-order valence-corrected chi connectivity index (χ2v) is 7.25. The molecule has 0 spiro atoms. The molecule has 0 fully saturated rings. The summed E-state index contributed by atoms with van der Waals surface area (Å²) in [5.41, 5.74) is 2.49. The summed E-state index contributed by atoms with van der Waals surface area (Å²) in [6.07, 6.45) is 0. The standard InChI is InChI=1S/C18H21NOS2/c1-14-8-9-17(15(2)12-14)22-13-18(20)19-10-11-21-16-6-4-3-5-7-16/h3-9,12H,10-11,13H2,1-2H3,(H,19,20). The molecule has 1 N–H and O–H groups in total. The minimum atomic E-state index is 0.0960. The highest BCUT2D eigenvalue weighted by atomic mass is 32.2. The first-order valence-electron chi connectivity index (χ1n) is 7.30. The van der Waals surface area contributed by atoms with Crippen molar-refractivity contribution in [2.45, 2.75) is 23.6 Å². The van der Waals surface area contributed by atoms with Gasteiger partial charge in [0.05, 0.1) is 5.75 Å². The number of hydrogen-bond acceptors (Lipinski definition) is 3. The maximum Gasteiger partial charge on any atom is 0.230 e. The van der Waals surface area contributed by atoms with E-state index in [2.05, 4.69) is 49.5 Å². The zero-order chi connectivity index (χ0) is 15.8. The van der Waals surface area contributed by atoms with E-state index in [1.54, 1.807) is 23.5 Å². The van der Waals surface area contributed by atoms with Gasteiger partial charge in [0.2, 0.25) is 5.91 Å². The summed E-state index contributed by atoms with van der Waals surface area (Å²) >= 11 is 3.36. The van der Waals surface area contributed by atoms with Gasteiger partial charge in [-0.15, -0.1) is 23.5 Å². The summed E-state index contributed by atoms with van der Waals surface area (Å²) < 4.78 is 0. The molecule has 0 aliphatic carbocycles. The Morgan fingerprint density at radius 3 is 2.55 bits per heavy atom. The third-order valence-electron chi connectivity index (χ3n) is 3.13. The molecule has 0 saturated heterocycles. The van der Waals surface area contributed by atoms with Crippen LogP contribution in [-0.4, -0.2) is 24.0 Å². The molecule has 0 aromatic heterocycles. The quantitative estimate of drug-likeness (QED) is 0.606. The molecule has 116 valence electrons. The number of rotatable bonds is 7. The molecule has 0 saturated carbocycles. The van der Waals surface area contributed by atoms with Crippen LogP contribution in [0.25, 0.3) is 0 Å². The smallest absolute Gasteiger partial charge is 0.230 e. The molecule has 1 amide bonds. The van der Waals surface area contributed by atoms with E-state index in [-0.39, 0.29) is 5.91 Å². The predicted octanol–water partition coefficient (Wildman–Crippen LogP) is 4.30. The minimum Gasteiger partial charge on any atom is -0.355 e. The average molecular weight is 332 g/mol. The molecule has 0 heterocycles. The summed E-state index contributed by atoms with van der Waals surface area (Å²) in [7, 11) is 0. The van der Waals surface area contributed by atoms with Gasteiger partial charge in [-0.3, -0.25) is 4.79 Å². The molecular weight excluding hydrogens is 310 g/mol. The Morgan fingerprint density at radius 2 is 1.82 bits per heavy atom. The van der Waals surface area contributed by atoms with Gasteiger partial charge in [0.1, 0.15) is 0 Å². The molecule has 0 unspecified atom stereocenters. The molecule has 2 aromatic carbocycles. The second kappa shape index (κ2) is 8.91. The van der Waals surface area contributed by atoms with Crippen molar-refractivity contribution in [3.8, 4) is 0 Å². The normalized spacial score (nSPS) is 10.5. The van der Waals surface area contributed by atoms with Crippen LogP contribution in [0.3, 0.4) is 0 Å². The first-order chi connectivity index (χ1) is 10.6. The average Bonchev–Trinajstić information content (AvgIpc) is 2.52. The van der Waals surface area contributed by atoms with Crippen molar-refractivity contribution >= 4 is 29.4 Å². The van der Waals surface area contributed by atoms with Crippen LogP contribution >= 0.6 is 23.5 Å². The monoisotopic (exact) mass is 331 g/mol. The minimum absolute atomic E-state index is 0.0960. The number of aryl methyl sites for hydroxylation is 2. The lowest BCUT2D eigenvalue weighted by Gasteiger charge is -2.07. The third-order valence-corrected chi connectivity index (χ3v) is 5.31. The first-order valence-corrected chi connectivity index (χ1v) is 9.27. The fourth-order valence-electron chi connectivity index (χ4n) is 2.03. The van der Waals surface area contributed by atoms with Crippen molar-refractivity contribution in [1.29, 1.82) is 0 Å². The first kappa shape index (κ1) is 17.0. The van der Waals surface area contributed by atoms with Crippen LogP contribution in [0.2, 0.25) is 0 Å². The Kier molecular flexibility index (Phi) is 6.87. The van der Waals surface area contributed by atoms with Gasteiger partial charge in [-0.1, -0.05) is 35.9 Å². The van der Waals surface area contributed by atoms with E-state index >= 15 is 0 Å². The number of carbonyl (C=O) groups is 1. The van der Waals surface area contributed by atoms with E-state index < -0.39 is 0 Å². The molecule has 0 radical (unpaired) electrons. The third kappa shape index (κ3) is 5.78. The van der Waals surface area contributed by atoms with Gasteiger partial charge in [0.15, 0.2) is 0 Å². The van der Waals surface area contributed by atoms with Crippen molar-refractivity contribution in [1.82, 2.24) is 5.32 Å². The molecule has 2 nitrogen and oxygen atoms in total. The number of nitrogens with one attached hydrogen (secondary N) is 1. The Bertz CT molecular complexity index is 614. The van der Waals surface area contributed by atoms with Crippen LogP contribution in [0.1, 0.15) is 11.1 Å². The molecule has 0 atom stereocenters. The summed E-state index contributed by atoms with van der Waals surface area (Å²) in [5.74, 6) is 1.46. The SMILES string of the molecule is Cc1ccc(SCC(=O)NCCSc2ccccc2)c(C)c1. The summed E-state index contributed by atoms with van der Waals surface area (Å²) in [4.78, 5) is 14.3. The number of thioether (sulfide) groups is 2. The summed E-state index contributed by atoms with van der Waals surface area (Å²) in [5, 5.41) is 2.97. The fourth-order valence-corrected chi connectivity index (χ4v) is 3.66. The van der Waals surface area contributed by atoms with Crippen molar-refractivity contribution in [3.05, 3.63) is 59.7 Å². The molecule has 0 aliphatic rings. The molecule has 2 aromatic rings. The van der Waals surface area contributed by atoms with E-state index in [1.807, 2.05) is 18.2 Å². The molecule has 0 bridgehead atoms. The Labute approximate surface area is 141 Å². The van der Waals surface area contributed by atoms with E-state index in [1.165, 1.54) is 20.9 Å². The lowest BCUT2D eigenvalue weighted by atomic mass is 10.2. The maximum absolute atomic E-state index is 11.9. The van der Waals surface area contributed by atoms with Crippen molar-refractivity contribution in [2.75, 3.05) is 18.1 Å². The summed E-state index contributed by atoms with van der Waals surface area (Å²) in [6.45, 7) is 4.87. The highest BCUT2D eigenvalue weighted by molar-refractivity contribution is 8.00. The maximum atomic E-state index is 11.9. The number of benzene rings is 2. The van der Waals surface area contributed by atoms with Gasteiger partial charge >= 0.3 is 0 Å². The Balaban J connectivity index is 1.65. The van der Waals surface area contributed by atoms with Crippen LogP contribution in [0.5, 0.6) is 0 Å². The molecule has 22 heavy (non-hydrogen) atoms. The highest BCUT2D eigenvalue weighted by Crippen LogP contribution is 2.22. The Hall–Kier alpha value is -1.39. The van der Waals surface area contributed by atoms with Crippen molar-refractivity contribution in [2.24, 2.45) is 0 Å². The van der Waals surface area contributed by atoms with E-state index in [4.69, 9.17) is 0 Å². The van der Waals surface area contributed by atoms with Gasteiger partial charge in [0, 0.05) is 22.1 Å². The molecular formula is C18H21NOS2.